The van der Waals surface area contributed by atoms with Crippen molar-refractivity contribution in [2.45, 2.75) is 71.1 Å². The average molecular weight is 424 g/mol. The first-order valence-corrected chi connectivity index (χ1v) is 10.9. The number of nitrogens with zero attached hydrogens (tertiary/aromatic N) is 1. The number of para-hydroxylation sites is 1. The second-order valence-corrected chi connectivity index (χ2v) is 9.73. The lowest BCUT2D eigenvalue weighted by atomic mass is 9.77. The zero-order valence-corrected chi connectivity index (χ0v) is 19.1. The van der Waals surface area contributed by atoms with Gasteiger partial charge in [-0.3, -0.25) is 4.79 Å². The van der Waals surface area contributed by atoms with Crippen molar-refractivity contribution in [2.24, 2.45) is 5.92 Å². The van der Waals surface area contributed by atoms with Gasteiger partial charge in [-0.05, 0) is 69.4 Å². The Labute approximate surface area is 185 Å². The maximum Gasteiger partial charge on any atom is 0.337 e. The molecule has 2 atom stereocenters. The van der Waals surface area contributed by atoms with Crippen LogP contribution in [0.25, 0.3) is 0 Å². The third-order valence-electron chi connectivity index (χ3n) is 6.15. The van der Waals surface area contributed by atoms with Crippen LogP contribution in [0.5, 0.6) is 5.75 Å². The fourth-order valence-electron chi connectivity index (χ4n) is 4.35. The lowest BCUT2D eigenvalue weighted by molar-refractivity contribution is -0.180. The van der Waals surface area contributed by atoms with E-state index < -0.39 is 23.2 Å². The Morgan fingerprint density at radius 2 is 1.68 bits per heavy atom. The van der Waals surface area contributed by atoms with Gasteiger partial charge in [0.1, 0.15) is 11.4 Å². The van der Waals surface area contributed by atoms with Gasteiger partial charge in [-0.25, -0.2) is 4.79 Å². The molecule has 0 bridgehead atoms. The molecule has 1 aliphatic heterocycles. The minimum absolute atomic E-state index is 0.00160. The predicted molar refractivity (Wildman–Crippen MR) is 122 cm³/mol. The predicted octanol–water partition coefficient (Wildman–Crippen LogP) is 4.91. The van der Waals surface area contributed by atoms with E-state index in [2.05, 4.69) is 0 Å². The number of benzene rings is 2. The summed E-state index contributed by atoms with van der Waals surface area (Å²) < 4.78 is 6.11. The third-order valence-corrected chi connectivity index (χ3v) is 6.15. The first kappa shape index (κ1) is 22.9. The van der Waals surface area contributed by atoms with Crippen molar-refractivity contribution in [3.8, 4) is 5.75 Å². The number of ketones is 1. The quantitative estimate of drug-likeness (QED) is 0.528. The summed E-state index contributed by atoms with van der Waals surface area (Å²) >= 11 is 0. The fourth-order valence-corrected chi connectivity index (χ4v) is 4.35. The molecule has 0 radical (unpaired) electrons. The Kier molecular flexibility index (Phi) is 6.44. The molecule has 5 heteroatoms. The van der Waals surface area contributed by atoms with Crippen LogP contribution >= 0.6 is 0 Å². The number of aryl methyl sites for hydroxylation is 1. The molecule has 2 aromatic carbocycles. The molecule has 0 aromatic heterocycles. The molecule has 1 saturated heterocycles. The van der Waals surface area contributed by atoms with Gasteiger partial charge in [-0.1, -0.05) is 44.2 Å². The van der Waals surface area contributed by atoms with E-state index in [9.17, 15) is 14.7 Å². The summed E-state index contributed by atoms with van der Waals surface area (Å²) in [5.74, 6) is -0.366. The number of Topliss-reactive ketones (excluding diaryl/α,β-unsaturated/α-hetero) is 1. The summed E-state index contributed by atoms with van der Waals surface area (Å²) in [5, 5.41) is 9.50. The largest absolute Gasteiger partial charge is 0.508 e. The molecular formula is C26H33NO4. The average Bonchev–Trinajstić information content (AvgIpc) is 2.70. The van der Waals surface area contributed by atoms with Crippen molar-refractivity contribution in [1.82, 2.24) is 0 Å². The molecule has 1 fully saturated rings. The lowest BCUT2D eigenvalue weighted by Gasteiger charge is -2.48. The summed E-state index contributed by atoms with van der Waals surface area (Å²) in [6.45, 7) is 9.98. The summed E-state index contributed by atoms with van der Waals surface area (Å²) in [7, 11) is 0. The van der Waals surface area contributed by atoms with Crippen LogP contribution in [0, 0.1) is 5.92 Å². The first-order chi connectivity index (χ1) is 14.5. The van der Waals surface area contributed by atoms with Crippen molar-refractivity contribution >= 4 is 17.4 Å². The molecule has 0 spiro atoms. The van der Waals surface area contributed by atoms with Gasteiger partial charge in [0.25, 0.3) is 0 Å². The zero-order valence-electron chi connectivity index (χ0n) is 19.1. The Morgan fingerprint density at radius 3 is 2.19 bits per heavy atom. The molecule has 1 heterocycles. The van der Waals surface area contributed by atoms with Gasteiger partial charge in [0.15, 0.2) is 11.8 Å². The normalized spacial score (nSPS) is 21.8. The number of carbonyl (C=O) groups is 2. The highest BCUT2D eigenvalue weighted by molar-refractivity contribution is 6.08. The highest BCUT2D eigenvalue weighted by atomic mass is 16.6. The number of rotatable bonds is 6. The van der Waals surface area contributed by atoms with Crippen molar-refractivity contribution in [3.05, 3.63) is 60.2 Å². The van der Waals surface area contributed by atoms with E-state index in [1.54, 1.807) is 12.1 Å². The molecule has 3 rings (SSSR count). The van der Waals surface area contributed by atoms with Crippen LogP contribution in [-0.4, -0.2) is 34.0 Å². The van der Waals surface area contributed by atoms with Crippen LogP contribution in [0.1, 0.15) is 53.0 Å². The zero-order chi connectivity index (χ0) is 22.8. The maximum atomic E-state index is 13.5. The highest BCUT2D eigenvalue weighted by Gasteiger charge is 2.52. The van der Waals surface area contributed by atoms with Crippen LogP contribution < -0.4 is 4.90 Å². The van der Waals surface area contributed by atoms with Crippen molar-refractivity contribution in [1.29, 1.82) is 0 Å². The number of ether oxygens (including phenoxy) is 1. The van der Waals surface area contributed by atoms with Gasteiger partial charge in [-0.2, -0.15) is 0 Å². The minimum Gasteiger partial charge on any atom is -0.508 e. The molecule has 5 nitrogen and oxygen atoms in total. The van der Waals surface area contributed by atoms with Gasteiger partial charge < -0.3 is 14.7 Å². The number of phenols is 1. The van der Waals surface area contributed by atoms with Crippen molar-refractivity contribution in [2.75, 3.05) is 4.90 Å². The first-order valence-electron chi connectivity index (χ1n) is 10.9. The second kappa shape index (κ2) is 8.74. The monoisotopic (exact) mass is 423 g/mol. The Bertz CT molecular complexity index is 895. The van der Waals surface area contributed by atoms with Crippen LogP contribution in [0.2, 0.25) is 0 Å². The smallest absolute Gasteiger partial charge is 0.337 e. The lowest BCUT2D eigenvalue weighted by Crippen LogP contribution is -2.62. The number of esters is 1. The van der Waals surface area contributed by atoms with E-state index in [1.165, 1.54) is 0 Å². The van der Waals surface area contributed by atoms with Crippen LogP contribution in [0.3, 0.4) is 0 Å². The number of aromatic hydroxyl groups is 1. The Morgan fingerprint density at radius 1 is 1.06 bits per heavy atom. The van der Waals surface area contributed by atoms with Gasteiger partial charge in [0.2, 0.25) is 0 Å². The Hall–Kier alpha value is -2.82. The molecule has 166 valence electrons. The van der Waals surface area contributed by atoms with Gasteiger partial charge in [0.05, 0.1) is 0 Å². The van der Waals surface area contributed by atoms with Gasteiger partial charge in [-0.15, -0.1) is 0 Å². The molecular weight excluding hydrogens is 390 g/mol. The topological polar surface area (TPSA) is 66.8 Å². The van der Waals surface area contributed by atoms with E-state index in [-0.39, 0.29) is 23.9 Å². The van der Waals surface area contributed by atoms with Gasteiger partial charge in [0, 0.05) is 17.6 Å². The molecule has 31 heavy (non-hydrogen) atoms. The summed E-state index contributed by atoms with van der Waals surface area (Å²) in [5.41, 5.74) is 0.586. The molecule has 0 aliphatic carbocycles. The SMILES string of the molecule is CC(C)C1(CCc2ccc(O)cc2)CC(=O)C(N(c2ccccc2)C(C)(C)C)C(=O)O1. The van der Waals surface area contributed by atoms with E-state index in [1.807, 2.05) is 82.0 Å². The van der Waals surface area contributed by atoms with Crippen LogP contribution in [0.15, 0.2) is 54.6 Å². The van der Waals surface area contributed by atoms with Crippen LogP contribution in [0.4, 0.5) is 5.69 Å². The van der Waals surface area contributed by atoms with Gasteiger partial charge >= 0.3 is 5.97 Å². The molecule has 2 aromatic rings. The van der Waals surface area contributed by atoms with E-state index >= 15 is 0 Å². The van der Waals surface area contributed by atoms with E-state index in [4.69, 9.17) is 4.74 Å². The Balaban J connectivity index is 1.87. The highest BCUT2D eigenvalue weighted by Crippen LogP contribution is 2.39. The summed E-state index contributed by atoms with van der Waals surface area (Å²) in [4.78, 5) is 28.7. The second-order valence-electron chi connectivity index (χ2n) is 9.73. The maximum absolute atomic E-state index is 13.5. The number of hydrogen-bond acceptors (Lipinski definition) is 5. The molecule has 1 N–H and O–H groups in total. The van der Waals surface area contributed by atoms with E-state index in [0.717, 1.165) is 11.3 Å². The van der Waals surface area contributed by atoms with Crippen molar-refractivity contribution in [3.63, 3.8) is 0 Å². The number of carbonyl (C=O) groups excluding carboxylic acids is 2. The standard InChI is InChI=1S/C26H33NO4/c1-18(2)26(16-15-19-11-13-21(28)14-12-19)17-22(29)23(24(30)31-26)27(25(3,4)5)20-9-7-6-8-10-20/h6-14,18,23,28H,15-17H2,1-5H3. The van der Waals surface area contributed by atoms with E-state index in [0.29, 0.717) is 12.8 Å². The molecule has 1 aliphatic rings. The summed E-state index contributed by atoms with van der Waals surface area (Å²) in [6.07, 6.45) is 1.41. The number of anilines is 1. The molecule has 2 unspecified atom stereocenters. The third kappa shape index (κ3) is 4.92. The number of phenolic OH excluding ortho intramolecular Hbond substituents is 1. The molecule has 0 amide bonds. The number of cyclic esters (lactones) is 1. The summed E-state index contributed by atoms with van der Waals surface area (Å²) in [6, 6.07) is 15.6. The van der Waals surface area contributed by atoms with Crippen LogP contribution in [-0.2, 0) is 20.7 Å². The minimum atomic E-state index is -0.956. The van der Waals surface area contributed by atoms with Crippen molar-refractivity contribution < 1.29 is 19.4 Å². The fraction of sp³-hybridized carbons (Fsp3) is 0.462. The molecule has 0 saturated carbocycles. The number of hydrogen-bond donors (Lipinski definition) is 1.